The van der Waals surface area contributed by atoms with Crippen LogP contribution in [-0.4, -0.2) is 11.7 Å². The van der Waals surface area contributed by atoms with Crippen molar-refractivity contribution < 1.29 is 18.0 Å². The molecule has 104 valence electrons. The highest BCUT2D eigenvalue weighted by atomic mass is 19.3. The maximum Gasteiger partial charge on any atom is 0.248 e. The summed E-state index contributed by atoms with van der Waals surface area (Å²) in [5.74, 6) is -3.35. The van der Waals surface area contributed by atoms with Crippen LogP contribution in [0.15, 0.2) is 18.2 Å². The maximum absolute atomic E-state index is 13.1. The molecule has 1 fully saturated rings. The lowest BCUT2D eigenvalue weighted by atomic mass is 9.82. The summed E-state index contributed by atoms with van der Waals surface area (Å²) in [5.41, 5.74) is 1.51. The molecule has 1 aromatic rings. The first-order valence-corrected chi connectivity index (χ1v) is 6.53. The maximum atomic E-state index is 13.1. The molecule has 0 aromatic heterocycles. The molecule has 1 aromatic carbocycles. The zero-order valence-corrected chi connectivity index (χ0v) is 10.9. The first-order chi connectivity index (χ1) is 8.87. The summed E-state index contributed by atoms with van der Waals surface area (Å²) < 4.78 is 39.2. The van der Waals surface area contributed by atoms with Crippen LogP contribution in [0.1, 0.15) is 36.8 Å². The van der Waals surface area contributed by atoms with E-state index in [0.29, 0.717) is 5.56 Å². The smallest absolute Gasteiger partial charge is 0.248 e. The number of ketones is 1. The largest absolute Gasteiger partial charge is 0.299 e. The molecule has 1 aliphatic carbocycles. The van der Waals surface area contributed by atoms with Crippen LogP contribution in [0.5, 0.6) is 0 Å². The minimum Gasteiger partial charge on any atom is -0.299 e. The van der Waals surface area contributed by atoms with Gasteiger partial charge in [-0.1, -0.05) is 6.07 Å². The average Bonchev–Trinajstić information content (AvgIpc) is 2.33. The molecule has 2 rings (SSSR count). The number of aryl methyl sites for hydroxylation is 1. The van der Waals surface area contributed by atoms with E-state index in [0.717, 1.165) is 5.56 Å². The quantitative estimate of drug-likeness (QED) is 0.809. The molecule has 0 unspecified atom stereocenters. The summed E-state index contributed by atoms with van der Waals surface area (Å²) in [5, 5.41) is 0. The fraction of sp³-hybridized carbons (Fsp3) is 0.533. The van der Waals surface area contributed by atoms with Gasteiger partial charge < -0.3 is 0 Å². The summed E-state index contributed by atoms with van der Waals surface area (Å²) in [7, 11) is 0. The van der Waals surface area contributed by atoms with Crippen LogP contribution in [0.4, 0.5) is 13.2 Å². The lowest BCUT2D eigenvalue weighted by Crippen LogP contribution is -2.29. The van der Waals surface area contributed by atoms with E-state index >= 15 is 0 Å². The normalized spacial score (nSPS) is 19.4. The number of benzene rings is 1. The van der Waals surface area contributed by atoms with E-state index in [1.807, 2.05) is 6.92 Å². The zero-order chi connectivity index (χ0) is 14.0. The molecule has 1 aliphatic rings. The Morgan fingerprint density at radius 3 is 2.58 bits per heavy atom. The molecule has 0 radical (unpaired) electrons. The van der Waals surface area contributed by atoms with Crippen molar-refractivity contribution in [1.82, 2.24) is 0 Å². The first kappa shape index (κ1) is 14.1. The van der Waals surface area contributed by atoms with E-state index in [4.69, 9.17) is 0 Å². The van der Waals surface area contributed by atoms with Crippen LogP contribution in [-0.2, 0) is 11.2 Å². The van der Waals surface area contributed by atoms with Gasteiger partial charge in [0.15, 0.2) is 0 Å². The van der Waals surface area contributed by atoms with Crippen LogP contribution >= 0.6 is 0 Å². The number of alkyl halides is 2. The van der Waals surface area contributed by atoms with Gasteiger partial charge in [0, 0.05) is 25.2 Å². The number of carbonyl (C=O) groups excluding carboxylic acids is 1. The minimum absolute atomic E-state index is 0.0517. The SMILES string of the molecule is Cc1ccc(F)cc1CC(=O)C1CCC(F)(F)CC1. The number of Topliss-reactive ketones (excluding diaryl/α,β-unsaturated/α-hetero) is 1. The molecule has 1 saturated carbocycles. The van der Waals surface area contributed by atoms with Crippen LogP contribution in [0, 0.1) is 18.7 Å². The molecule has 0 aliphatic heterocycles. The molecular formula is C15H17F3O. The Hall–Kier alpha value is -1.32. The molecular weight excluding hydrogens is 253 g/mol. The van der Waals surface area contributed by atoms with Gasteiger partial charge in [-0.15, -0.1) is 0 Å². The molecule has 0 atom stereocenters. The highest BCUT2D eigenvalue weighted by molar-refractivity contribution is 5.83. The number of hydrogen-bond acceptors (Lipinski definition) is 1. The summed E-state index contributed by atoms with van der Waals surface area (Å²) in [4.78, 5) is 12.1. The number of rotatable bonds is 3. The van der Waals surface area contributed by atoms with Gasteiger partial charge >= 0.3 is 0 Å². The van der Waals surface area contributed by atoms with E-state index in [-0.39, 0.29) is 49.6 Å². The molecule has 0 amide bonds. The van der Waals surface area contributed by atoms with Crippen molar-refractivity contribution in [3.05, 3.63) is 35.1 Å². The second kappa shape index (κ2) is 5.35. The van der Waals surface area contributed by atoms with Gasteiger partial charge in [-0.3, -0.25) is 4.79 Å². The highest BCUT2D eigenvalue weighted by Crippen LogP contribution is 2.36. The third-order valence-electron chi connectivity index (χ3n) is 3.85. The van der Waals surface area contributed by atoms with Crippen molar-refractivity contribution in [2.75, 3.05) is 0 Å². The van der Waals surface area contributed by atoms with Gasteiger partial charge in [-0.2, -0.15) is 0 Å². The number of hydrogen-bond donors (Lipinski definition) is 0. The van der Waals surface area contributed by atoms with Crippen molar-refractivity contribution in [3.63, 3.8) is 0 Å². The fourth-order valence-corrected chi connectivity index (χ4v) is 2.52. The van der Waals surface area contributed by atoms with Crippen LogP contribution in [0.3, 0.4) is 0 Å². The predicted molar refractivity (Wildman–Crippen MR) is 66.8 cm³/mol. The van der Waals surface area contributed by atoms with Crippen LogP contribution < -0.4 is 0 Å². The van der Waals surface area contributed by atoms with Gasteiger partial charge in [0.25, 0.3) is 0 Å². The molecule has 0 N–H and O–H groups in total. The van der Waals surface area contributed by atoms with Gasteiger partial charge in [-0.05, 0) is 43.0 Å². The van der Waals surface area contributed by atoms with Crippen molar-refractivity contribution in [3.8, 4) is 0 Å². The minimum atomic E-state index is -2.62. The molecule has 0 heterocycles. The Balaban J connectivity index is 2.00. The van der Waals surface area contributed by atoms with Crippen molar-refractivity contribution >= 4 is 5.78 Å². The van der Waals surface area contributed by atoms with E-state index in [1.54, 1.807) is 6.07 Å². The van der Waals surface area contributed by atoms with Crippen molar-refractivity contribution in [1.29, 1.82) is 0 Å². The standard InChI is InChI=1S/C15H17F3O/c1-10-2-3-13(16)8-12(10)9-14(19)11-4-6-15(17,18)7-5-11/h2-3,8,11H,4-7,9H2,1H3. The van der Waals surface area contributed by atoms with Crippen molar-refractivity contribution in [2.45, 2.75) is 45.0 Å². The summed E-state index contributed by atoms with van der Waals surface area (Å²) in [6, 6.07) is 4.34. The highest BCUT2D eigenvalue weighted by Gasteiger charge is 2.37. The molecule has 4 heteroatoms. The summed E-state index contributed by atoms with van der Waals surface area (Å²) >= 11 is 0. The Bertz CT molecular complexity index is 472. The monoisotopic (exact) mass is 270 g/mol. The average molecular weight is 270 g/mol. The molecule has 0 spiro atoms. The molecule has 0 saturated heterocycles. The fourth-order valence-electron chi connectivity index (χ4n) is 2.52. The van der Waals surface area contributed by atoms with E-state index < -0.39 is 5.92 Å². The Kier molecular flexibility index (Phi) is 3.97. The third-order valence-corrected chi connectivity index (χ3v) is 3.85. The van der Waals surface area contributed by atoms with Crippen LogP contribution in [0.2, 0.25) is 0 Å². The van der Waals surface area contributed by atoms with Crippen molar-refractivity contribution in [2.24, 2.45) is 5.92 Å². The molecule has 1 nitrogen and oxygen atoms in total. The second-order valence-corrected chi connectivity index (χ2v) is 5.34. The summed E-state index contributed by atoms with van der Waals surface area (Å²) in [6.07, 6.45) is 0.178. The molecule has 19 heavy (non-hydrogen) atoms. The Labute approximate surface area is 110 Å². The van der Waals surface area contributed by atoms with E-state index in [9.17, 15) is 18.0 Å². The van der Waals surface area contributed by atoms with Crippen LogP contribution in [0.25, 0.3) is 0 Å². The van der Waals surface area contributed by atoms with E-state index in [1.165, 1.54) is 12.1 Å². The molecule has 0 bridgehead atoms. The summed E-state index contributed by atoms with van der Waals surface area (Å²) in [6.45, 7) is 1.82. The van der Waals surface area contributed by atoms with Gasteiger partial charge in [-0.25, -0.2) is 13.2 Å². The zero-order valence-electron chi connectivity index (χ0n) is 10.9. The lowest BCUT2D eigenvalue weighted by Gasteiger charge is -2.27. The first-order valence-electron chi connectivity index (χ1n) is 6.53. The van der Waals surface area contributed by atoms with Gasteiger partial charge in [0.05, 0.1) is 0 Å². The number of carbonyl (C=O) groups is 1. The van der Waals surface area contributed by atoms with E-state index in [2.05, 4.69) is 0 Å². The topological polar surface area (TPSA) is 17.1 Å². The lowest BCUT2D eigenvalue weighted by molar-refractivity contribution is -0.126. The Morgan fingerprint density at radius 1 is 1.32 bits per heavy atom. The second-order valence-electron chi connectivity index (χ2n) is 5.34. The van der Waals surface area contributed by atoms with Gasteiger partial charge in [0.2, 0.25) is 5.92 Å². The number of halogens is 3. The van der Waals surface area contributed by atoms with Gasteiger partial charge in [0.1, 0.15) is 11.6 Å². The Morgan fingerprint density at radius 2 is 1.95 bits per heavy atom. The predicted octanol–water partition coefficient (Wildman–Crippen LogP) is 4.07. The third kappa shape index (κ3) is 3.58.